The Hall–Kier alpha value is -2.18. The van der Waals surface area contributed by atoms with E-state index < -0.39 is 29.1 Å². The van der Waals surface area contributed by atoms with Crippen LogP contribution in [-0.4, -0.2) is 41.1 Å². The van der Waals surface area contributed by atoms with Crippen LogP contribution in [0.5, 0.6) is 5.75 Å². The van der Waals surface area contributed by atoms with Crippen molar-refractivity contribution in [3.8, 4) is 5.75 Å². The average Bonchev–Trinajstić information content (AvgIpc) is 2.50. The minimum atomic E-state index is -1.06. The van der Waals surface area contributed by atoms with Crippen LogP contribution >= 0.6 is 0 Å². The number of likely N-dealkylation sites (tertiary alicyclic amines) is 1. The lowest BCUT2D eigenvalue weighted by atomic mass is 9.82. The number of carboxylic acid groups (broad SMARTS) is 1. The molecule has 1 N–H and O–H groups in total. The van der Waals surface area contributed by atoms with Gasteiger partial charge in [0.2, 0.25) is 0 Å². The molecule has 7 heteroatoms. The van der Waals surface area contributed by atoms with Crippen LogP contribution in [0.1, 0.15) is 26.7 Å². The van der Waals surface area contributed by atoms with Gasteiger partial charge in [-0.1, -0.05) is 0 Å². The van der Waals surface area contributed by atoms with Crippen molar-refractivity contribution < 1.29 is 28.2 Å². The monoisotopic (exact) mass is 327 g/mol. The second kappa shape index (κ2) is 6.52. The Morgan fingerprint density at radius 3 is 2.65 bits per heavy atom. The molecule has 1 heterocycles. The van der Waals surface area contributed by atoms with Crippen LogP contribution in [-0.2, 0) is 9.59 Å². The van der Waals surface area contributed by atoms with Crippen molar-refractivity contribution in [1.29, 1.82) is 0 Å². The fourth-order valence-electron chi connectivity index (χ4n) is 2.66. The standard InChI is InChI=1S/C16H19F2NO4/c1-10(23-11-4-5-12(17)13(18)8-11)14(20)19-7-3-6-16(2,9-19)15(21)22/h4-5,8,10H,3,6-7,9H2,1-2H3,(H,21,22). The van der Waals surface area contributed by atoms with E-state index in [-0.39, 0.29) is 18.2 Å². The molecule has 2 rings (SSSR count). The summed E-state index contributed by atoms with van der Waals surface area (Å²) in [5, 5.41) is 9.28. The summed E-state index contributed by atoms with van der Waals surface area (Å²) in [6, 6.07) is 3.03. The molecule has 23 heavy (non-hydrogen) atoms. The van der Waals surface area contributed by atoms with Gasteiger partial charge in [-0.05, 0) is 38.8 Å². The predicted molar refractivity (Wildman–Crippen MR) is 78.0 cm³/mol. The molecule has 126 valence electrons. The first-order valence-corrected chi connectivity index (χ1v) is 7.37. The van der Waals surface area contributed by atoms with Gasteiger partial charge in [-0.15, -0.1) is 0 Å². The van der Waals surface area contributed by atoms with Crippen molar-refractivity contribution in [3.05, 3.63) is 29.8 Å². The molecular formula is C16H19F2NO4. The third kappa shape index (κ3) is 3.78. The Morgan fingerprint density at radius 2 is 2.04 bits per heavy atom. The van der Waals surface area contributed by atoms with Gasteiger partial charge in [0.25, 0.3) is 5.91 Å². The molecule has 5 nitrogen and oxygen atoms in total. The van der Waals surface area contributed by atoms with Crippen LogP contribution in [0.3, 0.4) is 0 Å². The number of benzene rings is 1. The van der Waals surface area contributed by atoms with Crippen LogP contribution in [0.2, 0.25) is 0 Å². The third-order valence-corrected chi connectivity index (χ3v) is 4.08. The molecule has 0 aromatic heterocycles. The second-order valence-corrected chi connectivity index (χ2v) is 6.07. The highest BCUT2D eigenvalue weighted by molar-refractivity contribution is 5.82. The smallest absolute Gasteiger partial charge is 0.311 e. The fraction of sp³-hybridized carbons (Fsp3) is 0.500. The number of nitrogens with zero attached hydrogens (tertiary/aromatic N) is 1. The Morgan fingerprint density at radius 1 is 1.35 bits per heavy atom. The zero-order valence-electron chi connectivity index (χ0n) is 13.0. The number of hydrogen-bond donors (Lipinski definition) is 1. The molecule has 0 radical (unpaired) electrons. The number of rotatable bonds is 4. The topological polar surface area (TPSA) is 66.8 Å². The lowest BCUT2D eigenvalue weighted by Gasteiger charge is -2.38. The first-order valence-electron chi connectivity index (χ1n) is 7.37. The lowest BCUT2D eigenvalue weighted by molar-refractivity contribution is -0.155. The molecule has 0 bridgehead atoms. The molecule has 1 fully saturated rings. The predicted octanol–water partition coefficient (Wildman–Crippen LogP) is 2.45. The van der Waals surface area contributed by atoms with Crippen LogP contribution in [0.25, 0.3) is 0 Å². The third-order valence-electron chi connectivity index (χ3n) is 4.08. The molecule has 1 aromatic rings. The minimum Gasteiger partial charge on any atom is -0.481 e. The van der Waals surface area contributed by atoms with Crippen molar-refractivity contribution in [1.82, 2.24) is 4.90 Å². The highest BCUT2D eigenvalue weighted by Gasteiger charge is 2.40. The summed E-state index contributed by atoms with van der Waals surface area (Å²) < 4.78 is 31.4. The summed E-state index contributed by atoms with van der Waals surface area (Å²) in [6.45, 7) is 3.66. The van der Waals surface area contributed by atoms with E-state index in [1.54, 1.807) is 6.92 Å². The van der Waals surface area contributed by atoms with Crippen molar-refractivity contribution >= 4 is 11.9 Å². The molecule has 0 saturated carbocycles. The molecule has 1 amide bonds. The van der Waals surface area contributed by atoms with Gasteiger partial charge in [-0.25, -0.2) is 8.78 Å². The Kier molecular flexibility index (Phi) is 4.87. The molecule has 1 aliphatic rings. The van der Waals surface area contributed by atoms with E-state index in [9.17, 15) is 23.5 Å². The van der Waals surface area contributed by atoms with Gasteiger partial charge in [0.1, 0.15) is 5.75 Å². The quantitative estimate of drug-likeness (QED) is 0.922. The number of carboxylic acids is 1. The van der Waals surface area contributed by atoms with E-state index in [1.807, 2.05) is 0 Å². The Labute approximate surface area is 132 Å². The molecule has 1 aromatic carbocycles. The molecule has 1 saturated heterocycles. The van der Waals surface area contributed by atoms with Crippen molar-refractivity contribution in [3.63, 3.8) is 0 Å². The van der Waals surface area contributed by atoms with Crippen LogP contribution < -0.4 is 4.74 Å². The first-order chi connectivity index (χ1) is 10.7. The number of carbonyl (C=O) groups is 2. The summed E-state index contributed by atoms with van der Waals surface area (Å²) in [7, 11) is 0. The van der Waals surface area contributed by atoms with E-state index in [1.165, 1.54) is 17.9 Å². The normalized spacial score (nSPS) is 22.5. The maximum Gasteiger partial charge on any atom is 0.311 e. The van der Waals surface area contributed by atoms with E-state index in [2.05, 4.69) is 0 Å². The van der Waals surface area contributed by atoms with Crippen molar-refractivity contribution in [2.24, 2.45) is 5.41 Å². The van der Waals surface area contributed by atoms with Gasteiger partial charge in [0, 0.05) is 19.2 Å². The number of aliphatic carboxylic acids is 1. The van der Waals surface area contributed by atoms with Crippen molar-refractivity contribution in [2.75, 3.05) is 13.1 Å². The van der Waals surface area contributed by atoms with Crippen molar-refractivity contribution in [2.45, 2.75) is 32.8 Å². The SMILES string of the molecule is CC(Oc1ccc(F)c(F)c1)C(=O)N1CCCC(C)(C(=O)O)C1. The molecule has 2 atom stereocenters. The van der Waals surface area contributed by atoms with Gasteiger partial charge in [0.05, 0.1) is 5.41 Å². The average molecular weight is 327 g/mol. The van der Waals surface area contributed by atoms with Gasteiger partial charge >= 0.3 is 5.97 Å². The number of ether oxygens (including phenoxy) is 1. The van der Waals surface area contributed by atoms with E-state index in [4.69, 9.17) is 4.74 Å². The van der Waals surface area contributed by atoms with Crippen LogP contribution in [0.15, 0.2) is 18.2 Å². The number of carbonyl (C=O) groups excluding carboxylic acids is 1. The number of halogens is 2. The Balaban J connectivity index is 2.04. The maximum absolute atomic E-state index is 13.2. The van der Waals surface area contributed by atoms with E-state index >= 15 is 0 Å². The number of amides is 1. The van der Waals surface area contributed by atoms with Crippen LogP contribution in [0.4, 0.5) is 8.78 Å². The van der Waals surface area contributed by atoms with Crippen LogP contribution in [0, 0.1) is 17.0 Å². The van der Waals surface area contributed by atoms with Gasteiger partial charge in [-0.2, -0.15) is 0 Å². The largest absolute Gasteiger partial charge is 0.481 e. The number of hydrogen-bond acceptors (Lipinski definition) is 3. The summed E-state index contributed by atoms with van der Waals surface area (Å²) in [5.74, 6) is -3.32. The summed E-state index contributed by atoms with van der Waals surface area (Å²) in [5.41, 5.74) is -0.977. The molecule has 1 aliphatic heterocycles. The number of piperidine rings is 1. The summed E-state index contributed by atoms with van der Waals surface area (Å²) in [6.07, 6.45) is 0.174. The maximum atomic E-state index is 13.2. The van der Waals surface area contributed by atoms with Gasteiger partial charge < -0.3 is 14.7 Å². The highest BCUT2D eigenvalue weighted by atomic mass is 19.2. The fourth-order valence-corrected chi connectivity index (χ4v) is 2.66. The lowest BCUT2D eigenvalue weighted by Crippen LogP contribution is -2.51. The van der Waals surface area contributed by atoms with Gasteiger partial charge in [-0.3, -0.25) is 9.59 Å². The van der Waals surface area contributed by atoms with E-state index in [0.29, 0.717) is 19.4 Å². The first kappa shape index (κ1) is 17.2. The summed E-state index contributed by atoms with van der Waals surface area (Å²) >= 11 is 0. The molecule has 0 aliphatic carbocycles. The van der Waals surface area contributed by atoms with Gasteiger partial charge in [0.15, 0.2) is 17.7 Å². The zero-order valence-corrected chi connectivity index (χ0v) is 13.0. The molecule has 2 unspecified atom stereocenters. The van der Waals surface area contributed by atoms with E-state index in [0.717, 1.165) is 12.1 Å². The molecular weight excluding hydrogens is 308 g/mol. The molecule has 0 spiro atoms. The minimum absolute atomic E-state index is 0.0442. The zero-order chi connectivity index (χ0) is 17.2. The Bertz CT molecular complexity index is 622. The highest BCUT2D eigenvalue weighted by Crippen LogP contribution is 2.30. The second-order valence-electron chi connectivity index (χ2n) is 6.07. The summed E-state index contributed by atoms with van der Waals surface area (Å²) in [4.78, 5) is 25.2.